The standard InChI is InChI=1S/C13H19ClN4O/c14-11-10(15)13(18-12(17-11)9-3-4-9)16-6-8-2-1-5-19-7-8/h8-9H,1-7,15H2,(H,16,17,18). The number of ether oxygens (including phenoxy) is 1. The average Bonchev–Trinajstić information content (AvgIpc) is 3.26. The van der Waals surface area contributed by atoms with Crippen LogP contribution in [0.25, 0.3) is 0 Å². The van der Waals surface area contributed by atoms with Crippen LogP contribution in [0.15, 0.2) is 0 Å². The molecule has 0 aromatic carbocycles. The molecule has 1 atom stereocenters. The molecule has 3 rings (SSSR count). The van der Waals surface area contributed by atoms with Crippen molar-refractivity contribution >= 4 is 23.1 Å². The molecule has 2 fully saturated rings. The van der Waals surface area contributed by atoms with Crippen LogP contribution in [0.3, 0.4) is 0 Å². The van der Waals surface area contributed by atoms with Crippen LogP contribution >= 0.6 is 11.6 Å². The molecule has 6 heteroatoms. The van der Waals surface area contributed by atoms with Gasteiger partial charge in [0.1, 0.15) is 11.5 Å². The van der Waals surface area contributed by atoms with Gasteiger partial charge in [0.05, 0.1) is 6.61 Å². The van der Waals surface area contributed by atoms with Crippen molar-refractivity contribution in [1.29, 1.82) is 0 Å². The van der Waals surface area contributed by atoms with Crippen molar-refractivity contribution in [3.05, 3.63) is 11.0 Å². The summed E-state index contributed by atoms with van der Waals surface area (Å²) in [6, 6.07) is 0. The molecule has 0 amide bonds. The number of hydrogen-bond donors (Lipinski definition) is 2. The molecule has 19 heavy (non-hydrogen) atoms. The summed E-state index contributed by atoms with van der Waals surface area (Å²) in [5.74, 6) is 2.48. The highest BCUT2D eigenvalue weighted by Crippen LogP contribution is 2.40. The first kappa shape index (κ1) is 12.9. The maximum atomic E-state index is 6.07. The van der Waals surface area contributed by atoms with E-state index in [4.69, 9.17) is 22.1 Å². The van der Waals surface area contributed by atoms with Crippen LogP contribution in [0.1, 0.15) is 37.4 Å². The Kier molecular flexibility index (Phi) is 3.75. The highest BCUT2D eigenvalue weighted by atomic mass is 35.5. The third-order valence-electron chi connectivity index (χ3n) is 3.67. The van der Waals surface area contributed by atoms with Crippen molar-refractivity contribution in [1.82, 2.24) is 9.97 Å². The van der Waals surface area contributed by atoms with Gasteiger partial charge in [-0.3, -0.25) is 0 Å². The molecule has 0 bridgehead atoms. The lowest BCUT2D eigenvalue weighted by atomic mass is 10.0. The SMILES string of the molecule is Nc1c(Cl)nc(C2CC2)nc1NCC1CCCOC1. The number of nitrogens with zero attached hydrogens (tertiary/aromatic N) is 2. The number of anilines is 2. The van der Waals surface area contributed by atoms with Crippen LogP contribution in [0.4, 0.5) is 11.5 Å². The Bertz CT molecular complexity index is 458. The zero-order valence-corrected chi connectivity index (χ0v) is 11.6. The fourth-order valence-corrected chi connectivity index (χ4v) is 2.50. The van der Waals surface area contributed by atoms with Crippen LogP contribution < -0.4 is 11.1 Å². The van der Waals surface area contributed by atoms with Gasteiger partial charge in [0.2, 0.25) is 0 Å². The van der Waals surface area contributed by atoms with Gasteiger partial charge in [-0.05, 0) is 31.6 Å². The maximum absolute atomic E-state index is 6.07. The number of rotatable bonds is 4. The van der Waals surface area contributed by atoms with Crippen molar-refractivity contribution in [3.63, 3.8) is 0 Å². The van der Waals surface area contributed by atoms with Crippen molar-refractivity contribution < 1.29 is 4.74 Å². The van der Waals surface area contributed by atoms with Crippen LogP contribution in [0.2, 0.25) is 5.15 Å². The summed E-state index contributed by atoms with van der Waals surface area (Å²) in [4.78, 5) is 8.76. The Labute approximate surface area is 117 Å². The first-order valence-corrected chi connectivity index (χ1v) is 7.26. The van der Waals surface area contributed by atoms with Crippen molar-refractivity contribution in [3.8, 4) is 0 Å². The first-order chi connectivity index (χ1) is 9.24. The second-order valence-electron chi connectivity index (χ2n) is 5.37. The van der Waals surface area contributed by atoms with Crippen LogP contribution in [-0.4, -0.2) is 29.7 Å². The van der Waals surface area contributed by atoms with Gasteiger partial charge in [-0.2, -0.15) is 0 Å². The molecule has 5 nitrogen and oxygen atoms in total. The second kappa shape index (κ2) is 5.51. The summed E-state index contributed by atoms with van der Waals surface area (Å²) in [7, 11) is 0. The van der Waals surface area contributed by atoms with E-state index in [1.807, 2.05) is 0 Å². The summed E-state index contributed by atoms with van der Waals surface area (Å²) < 4.78 is 5.47. The third kappa shape index (κ3) is 3.09. The second-order valence-corrected chi connectivity index (χ2v) is 5.73. The van der Waals surface area contributed by atoms with E-state index < -0.39 is 0 Å². The number of aromatic nitrogens is 2. The van der Waals surface area contributed by atoms with E-state index in [-0.39, 0.29) is 0 Å². The summed E-state index contributed by atoms with van der Waals surface area (Å²) in [5.41, 5.74) is 6.38. The predicted molar refractivity (Wildman–Crippen MR) is 75.5 cm³/mol. The number of nitrogens with one attached hydrogen (secondary N) is 1. The highest BCUT2D eigenvalue weighted by molar-refractivity contribution is 6.32. The van der Waals surface area contributed by atoms with Crippen molar-refractivity contribution in [2.75, 3.05) is 30.8 Å². The zero-order chi connectivity index (χ0) is 13.2. The number of nitrogens with two attached hydrogens (primary N) is 1. The van der Waals surface area contributed by atoms with E-state index in [2.05, 4.69) is 15.3 Å². The Morgan fingerprint density at radius 2 is 2.16 bits per heavy atom. The lowest BCUT2D eigenvalue weighted by Crippen LogP contribution is -2.25. The molecule has 0 radical (unpaired) electrons. The Morgan fingerprint density at radius 1 is 1.32 bits per heavy atom. The van der Waals surface area contributed by atoms with E-state index in [1.165, 1.54) is 6.42 Å². The predicted octanol–water partition coefficient (Wildman–Crippen LogP) is 2.43. The molecular weight excluding hydrogens is 264 g/mol. The molecule has 1 aromatic rings. The highest BCUT2D eigenvalue weighted by Gasteiger charge is 2.28. The third-order valence-corrected chi connectivity index (χ3v) is 3.96. The topological polar surface area (TPSA) is 73.1 Å². The minimum atomic E-state index is 0.360. The smallest absolute Gasteiger partial charge is 0.157 e. The molecule has 2 heterocycles. The summed E-state index contributed by atoms with van der Waals surface area (Å²) in [5, 5.41) is 3.67. The summed E-state index contributed by atoms with van der Waals surface area (Å²) >= 11 is 6.07. The average molecular weight is 283 g/mol. The lowest BCUT2D eigenvalue weighted by Gasteiger charge is -2.22. The molecule has 104 valence electrons. The number of halogens is 1. The van der Waals surface area contributed by atoms with Crippen molar-refractivity contribution in [2.24, 2.45) is 5.92 Å². The van der Waals surface area contributed by atoms with Gasteiger partial charge < -0.3 is 15.8 Å². The monoisotopic (exact) mass is 282 g/mol. The zero-order valence-electron chi connectivity index (χ0n) is 10.9. The molecule has 1 unspecified atom stereocenters. The van der Waals surface area contributed by atoms with Crippen LogP contribution in [0.5, 0.6) is 0 Å². The quantitative estimate of drug-likeness (QED) is 0.830. The van der Waals surface area contributed by atoms with Gasteiger partial charge in [0, 0.05) is 19.1 Å². The van der Waals surface area contributed by atoms with Gasteiger partial charge in [-0.15, -0.1) is 0 Å². The first-order valence-electron chi connectivity index (χ1n) is 6.88. The normalized spacial score (nSPS) is 23.3. The van der Waals surface area contributed by atoms with Crippen LogP contribution in [-0.2, 0) is 4.74 Å². The molecule has 2 aliphatic rings. The molecule has 1 saturated heterocycles. The molecule has 1 aromatic heterocycles. The Morgan fingerprint density at radius 3 is 2.84 bits per heavy atom. The van der Waals surface area contributed by atoms with Gasteiger partial charge in [-0.1, -0.05) is 11.6 Å². The lowest BCUT2D eigenvalue weighted by molar-refractivity contribution is 0.0595. The van der Waals surface area contributed by atoms with Gasteiger partial charge in [-0.25, -0.2) is 9.97 Å². The maximum Gasteiger partial charge on any atom is 0.157 e. The summed E-state index contributed by atoms with van der Waals surface area (Å²) in [6.07, 6.45) is 4.60. The number of hydrogen-bond acceptors (Lipinski definition) is 5. The van der Waals surface area contributed by atoms with E-state index in [0.29, 0.717) is 28.5 Å². The molecule has 1 aliphatic carbocycles. The molecule has 1 aliphatic heterocycles. The van der Waals surface area contributed by atoms with E-state index in [1.54, 1.807) is 0 Å². The molecule has 0 spiro atoms. The van der Waals surface area contributed by atoms with Gasteiger partial charge in [0.25, 0.3) is 0 Å². The fourth-order valence-electron chi connectivity index (χ4n) is 2.33. The van der Waals surface area contributed by atoms with E-state index in [9.17, 15) is 0 Å². The minimum Gasteiger partial charge on any atom is -0.393 e. The minimum absolute atomic E-state index is 0.360. The summed E-state index contributed by atoms with van der Waals surface area (Å²) in [6.45, 7) is 2.51. The molecule has 1 saturated carbocycles. The van der Waals surface area contributed by atoms with Gasteiger partial charge in [0.15, 0.2) is 11.0 Å². The van der Waals surface area contributed by atoms with E-state index in [0.717, 1.165) is 44.8 Å². The molecular formula is C13H19ClN4O. The Hall–Kier alpha value is -1.07. The van der Waals surface area contributed by atoms with Crippen molar-refractivity contribution in [2.45, 2.75) is 31.6 Å². The number of nitrogen functional groups attached to an aromatic ring is 1. The van der Waals surface area contributed by atoms with Crippen LogP contribution in [0, 0.1) is 5.92 Å². The largest absolute Gasteiger partial charge is 0.393 e. The molecule has 3 N–H and O–H groups in total. The van der Waals surface area contributed by atoms with E-state index >= 15 is 0 Å². The Balaban J connectivity index is 1.68. The fraction of sp³-hybridized carbons (Fsp3) is 0.692. The van der Waals surface area contributed by atoms with Gasteiger partial charge >= 0.3 is 0 Å².